The van der Waals surface area contributed by atoms with E-state index in [2.05, 4.69) is 5.32 Å². The van der Waals surface area contributed by atoms with Crippen LogP contribution in [0.15, 0.2) is 42.5 Å². The smallest absolute Gasteiger partial charge is 0.224 e. The van der Waals surface area contributed by atoms with E-state index in [1.807, 2.05) is 36.4 Å². The summed E-state index contributed by atoms with van der Waals surface area (Å²) in [5, 5.41) is 3.55. The Bertz CT molecular complexity index is 656. The maximum Gasteiger partial charge on any atom is 0.224 e. The standard InChI is InChI=1S/C18H20ClNO3/c1-22-15-6-3-13(4-7-15)11-18(21)20-10-9-14-5-8-16(23-2)12-17(14)19/h3-8,12H,9-11H2,1-2H3,(H,20,21). The van der Waals surface area contributed by atoms with Gasteiger partial charge >= 0.3 is 0 Å². The van der Waals surface area contributed by atoms with Gasteiger partial charge in [-0.3, -0.25) is 4.79 Å². The van der Waals surface area contributed by atoms with E-state index in [4.69, 9.17) is 21.1 Å². The van der Waals surface area contributed by atoms with Crippen LogP contribution in [0.5, 0.6) is 11.5 Å². The highest BCUT2D eigenvalue weighted by atomic mass is 35.5. The molecule has 0 atom stereocenters. The fourth-order valence-electron chi connectivity index (χ4n) is 2.19. The van der Waals surface area contributed by atoms with Gasteiger partial charge in [-0.15, -0.1) is 0 Å². The van der Waals surface area contributed by atoms with E-state index in [1.165, 1.54) is 0 Å². The van der Waals surface area contributed by atoms with Gasteiger partial charge in [-0.2, -0.15) is 0 Å². The van der Waals surface area contributed by atoms with Crippen LogP contribution >= 0.6 is 11.6 Å². The minimum absolute atomic E-state index is 0.0141. The third kappa shape index (κ3) is 5.18. The molecular formula is C18H20ClNO3. The zero-order valence-electron chi connectivity index (χ0n) is 13.3. The van der Waals surface area contributed by atoms with Crippen LogP contribution in [0.1, 0.15) is 11.1 Å². The molecule has 0 aliphatic rings. The number of amides is 1. The Kier molecular flexibility index (Phi) is 6.29. The maximum atomic E-state index is 11.9. The first kappa shape index (κ1) is 17.2. The van der Waals surface area contributed by atoms with Crippen LogP contribution in [0.3, 0.4) is 0 Å². The highest BCUT2D eigenvalue weighted by Crippen LogP contribution is 2.22. The Labute approximate surface area is 141 Å². The van der Waals surface area contributed by atoms with E-state index in [0.717, 1.165) is 22.6 Å². The molecule has 1 amide bonds. The number of ether oxygens (including phenoxy) is 2. The molecule has 1 N–H and O–H groups in total. The monoisotopic (exact) mass is 333 g/mol. The Morgan fingerprint density at radius 2 is 1.70 bits per heavy atom. The van der Waals surface area contributed by atoms with Crippen LogP contribution in [0.2, 0.25) is 5.02 Å². The molecule has 0 heterocycles. The molecule has 0 saturated heterocycles. The SMILES string of the molecule is COc1ccc(CC(=O)NCCc2ccc(OC)cc2Cl)cc1. The molecule has 0 saturated carbocycles. The van der Waals surface area contributed by atoms with E-state index in [-0.39, 0.29) is 5.91 Å². The summed E-state index contributed by atoms with van der Waals surface area (Å²) in [6.45, 7) is 0.543. The fraction of sp³-hybridized carbons (Fsp3) is 0.278. The normalized spacial score (nSPS) is 10.2. The van der Waals surface area contributed by atoms with Gasteiger partial charge in [0, 0.05) is 11.6 Å². The Balaban J connectivity index is 1.80. The Hall–Kier alpha value is -2.20. The predicted molar refractivity (Wildman–Crippen MR) is 91.4 cm³/mol. The lowest BCUT2D eigenvalue weighted by Crippen LogP contribution is -2.27. The van der Waals surface area contributed by atoms with Gasteiger partial charge in [0.05, 0.1) is 20.6 Å². The largest absolute Gasteiger partial charge is 0.497 e. The van der Waals surface area contributed by atoms with Gasteiger partial charge in [-0.1, -0.05) is 29.8 Å². The van der Waals surface area contributed by atoms with Crippen LogP contribution in [-0.4, -0.2) is 26.7 Å². The molecule has 5 heteroatoms. The molecule has 0 aliphatic heterocycles. The van der Waals surface area contributed by atoms with Crippen molar-refractivity contribution in [2.45, 2.75) is 12.8 Å². The van der Waals surface area contributed by atoms with Gasteiger partial charge in [0.2, 0.25) is 5.91 Å². The van der Waals surface area contributed by atoms with Gasteiger partial charge in [0.1, 0.15) is 11.5 Å². The predicted octanol–water partition coefficient (Wildman–Crippen LogP) is 3.26. The van der Waals surface area contributed by atoms with Gasteiger partial charge in [0.15, 0.2) is 0 Å². The van der Waals surface area contributed by atoms with Crippen molar-refractivity contribution in [2.75, 3.05) is 20.8 Å². The summed E-state index contributed by atoms with van der Waals surface area (Å²) < 4.78 is 10.2. The molecular weight excluding hydrogens is 314 g/mol. The maximum absolute atomic E-state index is 11.9. The van der Waals surface area contributed by atoms with Crippen LogP contribution in [0.25, 0.3) is 0 Å². The molecule has 2 aromatic rings. The van der Waals surface area contributed by atoms with Crippen molar-refractivity contribution in [2.24, 2.45) is 0 Å². The second kappa shape index (κ2) is 8.44. The number of carbonyl (C=O) groups is 1. The van der Waals surface area contributed by atoms with E-state index in [9.17, 15) is 4.79 Å². The van der Waals surface area contributed by atoms with Crippen molar-refractivity contribution in [1.29, 1.82) is 0 Å². The lowest BCUT2D eigenvalue weighted by Gasteiger charge is -2.08. The minimum atomic E-state index is -0.0141. The van der Waals surface area contributed by atoms with Crippen molar-refractivity contribution < 1.29 is 14.3 Å². The van der Waals surface area contributed by atoms with Gasteiger partial charge < -0.3 is 14.8 Å². The minimum Gasteiger partial charge on any atom is -0.497 e. The van der Waals surface area contributed by atoms with Crippen molar-refractivity contribution >= 4 is 17.5 Å². The number of carbonyl (C=O) groups excluding carboxylic acids is 1. The molecule has 122 valence electrons. The summed E-state index contributed by atoms with van der Waals surface area (Å²) in [6, 6.07) is 13.0. The summed E-state index contributed by atoms with van der Waals surface area (Å²) in [5.74, 6) is 1.49. The van der Waals surface area contributed by atoms with Gasteiger partial charge in [-0.05, 0) is 41.8 Å². The topological polar surface area (TPSA) is 47.6 Å². The molecule has 2 rings (SSSR count). The molecule has 0 fully saturated rings. The summed E-state index contributed by atoms with van der Waals surface area (Å²) in [4.78, 5) is 11.9. The number of halogens is 1. The zero-order chi connectivity index (χ0) is 16.7. The first-order valence-corrected chi connectivity index (χ1v) is 7.72. The number of methoxy groups -OCH3 is 2. The molecule has 2 aromatic carbocycles. The quantitative estimate of drug-likeness (QED) is 0.846. The highest BCUT2D eigenvalue weighted by Gasteiger charge is 2.06. The summed E-state index contributed by atoms with van der Waals surface area (Å²) in [6.07, 6.45) is 1.03. The first-order chi connectivity index (χ1) is 11.1. The second-order valence-electron chi connectivity index (χ2n) is 5.08. The number of hydrogen-bond acceptors (Lipinski definition) is 3. The number of hydrogen-bond donors (Lipinski definition) is 1. The lowest BCUT2D eigenvalue weighted by atomic mass is 10.1. The van der Waals surface area contributed by atoms with E-state index in [1.54, 1.807) is 20.3 Å². The third-order valence-electron chi connectivity index (χ3n) is 3.50. The molecule has 0 unspecified atom stereocenters. The van der Waals surface area contributed by atoms with E-state index in [0.29, 0.717) is 24.4 Å². The Morgan fingerprint density at radius 3 is 2.30 bits per heavy atom. The van der Waals surface area contributed by atoms with Crippen molar-refractivity contribution in [3.63, 3.8) is 0 Å². The van der Waals surface area contributed by atoms with Crippen LogP contribution in [0, 0.1) is 0 Å². The molecule has 23 heavy (non-hydrogen) atoms. The Morgan fingerprint density at radius 1 is 1.04 bits per heavy atom. The molecule has 4 nitrogen and oxygen atoms in total. The molecule has 0 spiro atoms. The van der Waals surface area contributed by atoms with Crippen LogP contribution in [-0.2, 0) is 17.6 Å². The number of benzene rings is 2. The zero-order valence-corrected chi connectivity index (χ0v) is 14.0. The van der Waals surface area contributed by atoms with Crippen molar-refractivity contribution in [1.82, 2.24) is 5.32 Å². The van der Waals surface area contributed by atoms with Crippen molar-refractivity contribution in [3.05, 3.63) is 58.6 Å². The molecule has 0 aliphatic carbocycles. The van der Waals surface area contributed by atoms with Gasteiger partial charge in [-0.25, -0.2) is 0 Å². The number of rotatable bonds is 7. The highest BCUT2D eigenvalue weighted by molar-refractivity contribution is 6.31. The molecule has 0 aromatic heterocycles. The van der Waals surface area contributed by atoms with Crippen LogP contribution < -0.4 is 14.8 Å². The summed E-state index contributed by atoms with van der Waals surface area (Å²) in [7, 11) is 3.22. The van der Waals surface area contributed by atoms with E-state index < -0.39 is 0 Å². The summed E-state index contributed by atoms with van der Waals surface area (Å²) >= 11 is 6.18. The number of nitrogens with one attached hydrogen (secondary N) is 1. The molecule has 0 bridgehead atoms. The van der Waals surface area contributed by atoms with E-state index >= 15 is 0 Å². The average Bonchev–Trinajstić information content (AvgIpc) is 2.57. The fourth-order valence-corrected chi connectivity index (χ4v) is 2.45. The second-order valence-corrected chi connectivity index (χ2v) is 5.49. The van der Waals surface area contributed by atoms with Gasteiger partial charge in [0.25, 0.3) is 0 Å². The average molecular weight is 334 g/mol. The summed E-state index contributed by atoms with van der Waals surface area (Å²) in [5.41, 5.74) is 1.93. The van der Waals surface area contributed by atoms with Crippen LogP contribution in [0.4, 0.5) is 0 Å². The first-order valence-electron chi connectivity index (χ1n) is 7.34. The molecule has 0 radical (unpaired) electrons. The third-order valence-corrected chi connectivity index (χ3v) is 3.85. The van der Waals surface area contributed by atoms with Crippen molar-refractivity contribution in [3.8, 4) is 11.5 Å². The lowest BCUT2D eigenvalue weighted by molar-refractivity contribution is -0.120.